The molecule has 3 heteroatoms. The van der Waals surface area contributed by atoms with Gasteiger partial charge in [0.2, 0.25) is 0 Å². The Balaban J connectivity index is 2.08. The SMILES string of the molecule is Cc1ccnn1CC1(C)COC1. The minimum Gasteiger partial charge on any atom is -0.380 e. The molecule has 1 aromatic heterocycles. The second kappa shape index (κ2) is 2.59. The Kier molecular flexibility index (Phi) is 1.68. The molecule has 1 aromatic rings. The van der Waals surface area contributed by atoms with Gasteiger partial charge in [-0.05, 0) is 13.0 Å². The lowest BCUT2D eigenvalue weighted by Crippen LogP contribution is -2.43. The fourth-order valence-corrected chi connectivity index (χ4v) is 1.47. The van der Waals surface area contributed by atoms with Gasteiger partial charge in [-0.15, -0.1) is 0 Å². The van der Waals surface area contributed by atoms with Gasteiger partial charge in [0.25, 0.3) is 0 Å². The van der Waals surface area contributed by atoms with Crippen LogP contribution in [0.4, 0.5) is 0 Å². The normalized spacial score (nSPS) is 20.5. The first-order chi connectivity index (χ1) is 5.70. The third kappa shape index (κ3) is 1.25. The molecule has 0 saturated carbocycles. The molecule has 0 aromatic carbocycles. The molecule has 1 aliphatic heterocycles. The van der Waals surface area contributed by atoms with Crippen LogP contribution >= 0.6 is 0 Å². The monoisotopic (exact) mass is 166 g/mol. The fraction of sp³-hybridized carbons (Fsp3) is 0.667. The van der Waals surface area contributed by atoms with Crippen LogP contribution in [0.3, 0.4) is 0 Å². The summed E-state index contributed by atoms with van der Waals surface area (Å²) < 4.78 is 7.23. The van der Waals surface area contributed by atoms with Crippen LogP contribution in [0.25, 0.3) is 0 Å². The molecule has 0 aliphatic carbocycles. The highest BCUT2D eigenvalue weighted by Crippen LogP contribution is 2.28. The Morgan fingerprint density at radius 2 is 2.42 bits per heavy atom. The molecule has 0 N–H and O–H groups in total. The topological polar surface area (TPSA) is 27.1 Å². The summed E-state index contributed by atoms with van der Waals surface area (Å²) in [6, 6.07) is 2.03. The molecule has 2 heterocycles. The van der Waals surface area contributed by atoms with Gasteiger partial charge in [0.1, 0.15) is 0 Å². The number of nitrogens with zero attached hydrogens (tertiary/aromatic N) is 2. The summed E-state index contributed by atoms with van der Waals surface area (Å²) in [4.78, 5) is 0. The maximum absolute atomic E-state index is 5.19. The van der Waals surface area contributed by atoms with E-state index in [1.807, 2.05) is 16.9 Å². The summed E-state index contributed by atoms with van der Waals surface area (Å²) in [5.74, 6) is 0. The molecule has 1 aliphatic rings. The molecule has 0 spiro atoms. The predicted octanol–water partition coefficient (Wildman–Crippen LogP) is 1.23. The molecule has 1 fully saturated rings. The van der Waals surface area contributed by atoms with E-state index in [0.717, 1.165) is 19.8 Å². The molecule has 66 valence electrons. The third-order valence-electron chi connectivity index (χ3n) is 2.36. The van der Waals surface area contributed by atoms with Crippen molar-refractivity contribution in [2.75, 3.05) is 13.2 Å². The van der Waals surface area contributed by atoms with Crippen LogP contribution in [-0.4, -0.2) is 23.0 Å². The van der Waals surface area contributed by atoms with Gasteiger partial charge in [-0.25, -0.2) is 0 Å². The largest absolute Gasteiger partial charge is 0.380 e. The van der Waals surface area contributed by atoms with E-state index >= 15 is 0 Å². The van der Waals surface area contributed by atoms with Gasteiger partial charge in [-0.3, -0.25) is 4.68 Å². The predicted molar refractivity (Wildman–Crippen MR) is 45.9 cm³/mol. The average Bonchev–Trinajstić information content (AvgIpc) is 2.34. The molecule has 0 radical (unpaired) electrons. The second-order valence-electron chi connectivity index (χ2n) is 3.93. The maximum Gasteiger partial charge on any atom is 0.0560 e. The summed E-state index contributed by atoms with van der Waals surface area (Å²) in [7, 11) is 0. The van der Waals surface area contributed by atoms with Crippen LogP contribution in [0.1, 0.15) is 12.6 Å². The van der Waals surface area contributed by atoms with Crippen molar-refractivity contribution < 1.29 is 4.74 Å². The van der Waals surface area contributed by atoms with Crippen LogP contribution in [-0.2, 0) is 11.3 Å². The van der Waals surface area contributed by atoms with Crippen molar-refractivity contribution in [2.24, 2.45) is 5.41 Å². The number of hydrogen-bond acceptors (Lipinski definition) is 2. The van der Waals surface area contributed by atoms with Gasteiger partial charge in [-0.2, -0.15) is 5.10 Å². The summed E-state index contributed by atoms with van der Waals surface area (Å²) in [6.07, 6.45) is 1.85. The zero-order valence-electron chi connectivity index (χ0n) is 7.58. The van der Waals surface area contributed by atoms with Crippen LogP contribution in [0, 0.1) is 12.3 Å². The van der Waals surface area contributed by atoms with E-state index in [9.17, 15) is 0 Å². The van der Waals surface area contributed by atoms with Crippen LogP contribution in [0.15, 0.2) is 12.3 Å². The highest BCUT2D eigenvalue weighted by molar-refractivity contribution is 4.98. The average molecular weight is 166 g/mol. The molecule has 3 nitrogen and oxygen atoms in total. The van der Waals surface area contributed by atoms with E-state index in [1.54, 1.807) is 0 Å². The molecular formula is C9H14N2O. The highest BCUT2D eigenvalue weighted by Gasteiger charge is 2.34. The number of aromatic nitrogens is 2. The third-order valence-corrected chi connectivity index (χ3v) is 2.36. The van der Waals surface area contributed by atoms with Gasteiger partial charge in [0.15, 0.2) is 0 Å². The summed E-state index contributed by atoms with van der Waals surface area (Å²) in [6.45, 7) is 7.03. The van der Waals surface area contributed by atoms with E-state index in [-0.39, 0.29) is 0 Å². The van der Waals surface area contributed by atoms with E-state index < -0.39 is 0 Å². The van der Waals surface area contributed by atoms with Crippen molar-refractivity contribution in [3.8, 4) is 0 Å². The van der Waals surface area contributed by atoms with Crippen molar-refractivity contribution in [3.05, 3.63) is 18.0 Å². The van der Waals surface area contributed by atoms with Crippen LogP contribution in [0.5, 0.6) is 0 Å². The lowest BCUT2D eigenvalue weighted by Gasteiger charge is -2.38. The summed E-state index contributed by atoms with van der Waals surface area (Å²) >= 11 is 0. The molecule has 0 bridgehead atoms. The highest BCUT2D eigenvalue weighted by atomic mass is 16.5. The first-order valence-corrected chi connectivity index (χ1v) is 4.26. The Morgan fingerprint density at radius 3 is 2.83 bits per heavy atom. The summed E-state index contributed by atoms with van der Waals surface area (Å²) in [5.41, 5.74) is 1.54. The van der Waals surface area contributed by atoms with Gasteiger partial charge in [-0.1, -0.05) is 6.92 Å². The lowest BCUT2D eigenvalue weighted by molar-refractivity contribution is -0.111. The van der Waals surface area contributed by atoms with Crippen LogP contribution in [0.2, 0.25) is 0 Å². The Labute approximate surface area is 72.3 Å². The quantitative estimate of drug-likeness (QED) is 0.660. The number of rotatable bonds is 2. The Bertz CT molecular complexity index is 276. The smallest absolute Gasteiger partial charge is 0.0560 e. The molecule has 0 atom stereocenters. The molecule has 12 heavy (non-hydrogen) atoms. The van der Waals surface area contributed by atoms with Gasteiger partial charge < -0.3 is 4.74 Å². The Morgan fingerprint density at radius 1 is 1.67 bits per heavy atom. The lowest BCUT2D eigenvalue weighted by atomic mass is 9.89. The molecule has 2 rings (SSSR count). The number of hydrogen-bond donors (Lipinski definition) is 0. The standard InChI is InChI=1S/C9H14N2O/c1-8-3-4-10-11(8)5-9(2)6-12-7-9/h3-4H,5-7H2,1-2H3. The molecule has 0 unspecified atom stereocenters. The Hall–Kier alpha value is -0.830. The van der Waals surface area contributed by atoms with E-state index in [4.69, 9.17) is 4.74 Å². The second-order valence-corrected chi connectivity index (χ2v) is 3.93. The molecule has 0 amide bonds. The first-order valence-electron chi connectivity index (χ1n) is 4.26. The zero-order chi connectivity index (χ0) is 8.60. The van der Waals surface area contributed by atoms with Crippen LogP contribution < -0.4 is 0 Å². The molecule has 1 saturated heterocycles. The van der Waals surface area contributed by atoms with Crippen molar-refractivity contribution in [1.29, 1.82) is 0 Å². The minimum absolute atomic E-state index is 0.316. The van der Waals surface area contributed by atoms with Crippen molar-refractivity contribution in [3.63, 3.8) is 0 Å². The molecular weight excluding hydrogens is 152 g/mol. The van der Waals surface area contributed by atoms with Crippen molar-refractivity contribution in [1.82, 2.24) is 9.78 Å². The van der Waals surface area contributed by atoms with E-state index in [2.05, 4.69) is 18.9 Å². The number of ether oxygens (including phenoxy) is 1. The van der Waals surface area contributed by atoms with E-state index in [0.29, 0.717) is 5.41 Å². The first kappa shape index (κ1) is 7.80. The zero-order valence-corrected chi connectivity index (χ0v) is 7.58. The van der Waals surface area contributed by atoms with Crippen molar-refractivity contribution >= 4 is 0 Å². The summed E-state index contributed by atoms with van der Waals surface area (Å²) in [5, 5.41) is 4.24. The minimum atomic E-state index is 0.316. The maximum atomic E-state index is 5.19. The fourth-order valence-electron chi connectivity index (χ4n) is 1.47. The van der Waals surface area contributed by atoms with E-state index in [1.165, 1.54) is 5.69 Å². The van der Waals surface area contributed by atoms with Gasteiger partial charge in [0, 0.05) is 17.3 Å². The van der Waals surface area contributed by atoms with Crippen molar-refractivity contribution in [2.45, 2.75) is 20.4 Å². The van der Waals surface area contributed by atoms with Gasteiger partial charge >= 0.3 is 0 Å². The number of aryl methyl sites for hydroxylation is 1. The van der Waals surface area contributed by atoms with Gasteiger partial charge in [0.05, 0.1) is 19.8 Å².